The number of hydrogen-bond acceptors (Lipinski definition) is 4. The van der Waals surface area contributed by atoms with E-state index in [9.17, 15) is 5.11 Å². The van der Waals surface area contributed by atoms with Crippen LogP contribution in [0.3, 0.4) is 0 Å². The third-order valence-electron chi connectivity index (χ3n) is 4.77. The highest BCUT2D eigenvalue weighted by Gasteiger charge is 2.42. The zero-order valence-corrected chi connectivity index (χ0v) is 11.2. The number of likely N-dealkylation sites (N-methyl/N-ethyl adjacent to an activating group) is 1. The van der Waals surface area contributed by atoms with Gasteiger partial charge in [-0.05, 0) is 39.2 Å². The third kappa shape index (κ3) is 2.65. The Labute approximate surface area is 105 Å². The molecule has 1 aliphatic heterocycles. The number of nitrogens with one attached hydrogen (secondary N) is 1. The standard InChI is InChI=1S/C13H27N3O/c1-10-6-13(8-14,9-16(10)2)15-12-5-3-4-11(12)7-17/h10-12,15,17H,3-9,14H2,1-2H3. The van der Waals surface area contributed by atoms with E-state index in [1.807, 2.05) is 0 Å². The lowest BCUT2D eigenvalue weighted by Crippen LogP contribution is -2.57. The van der Waals surface area contributed by atoms with E-state index in [0.29, 0.717) is 31.2 Å². The molecule has 100 valence electrons. The number of nitrogens with two attached hydrogens (primary N) is 1. The average molecular weight is 241 g/mol. The Morgan fingerprint density at radius 2 is 2.24 bits per heavy atom. The quantitative estimate of drug-likeness (QED) is 0.656. The van der Waals surface area contributed by atoms with Gasteiger partial charge in [-0.25, -0.2) is 0 Å². The highest BCUT2D eigenvalue weighted by molar-refractivity contribution is 5.03. The zero-order chi connectivity index (χ0) is 12.5. The molecule has 4 atom stereocenters. The van der Waals surface area contributed by atoms with Crippen LogP contribution in [-0.2, 0) is 0 Å². The molecule has 0 amide bonds. The highest BCUT2D eigenvalue weighted by Crippen LogP contribution is 2.31. The molecule has 2 rings (SSSR count). The fourth-order valence-corrected chi connectivity index (χ4v) is 3.57. The number of hydrogen-bond donors (Lipinski definition) is 3. The van der Waals surface area contributed by atoms with Crippen molar-refractivity contribution in [1.29, 1.82) is 0 Å². The summed E-state index contributed by atoms with van der Waals surface area (Å²) in [6.45, 7) is 4.29. The number of likely N-dealkylation sites (tertiary alicyclic amines) is 1. The second-order valence-electron chi connectivity index (χ2n) is 6.08. The second-order valence-corrected chi connectivity index (χ2v) is 6.08. The van der Waals surface area contributed by atoms with Crippen LogP contribution in [-0.4, -0.2) is 54.4 Å². The van der Waals surface area contributed by atoms with Crippen molar-refractivity contribution >= 4 is 0 Å². The SMILES string of the molecule is CC1CC(CN)(NC2CCCC2CO)CN1C. The van der Waals surface area contributed by atoms with Gasteiger partial charge >= 0.3 is 0 Å². The summed E-state index contributed by atoms with van der Waals surface area (Å²) >= 11 is 0. The topological polar surface area (TPSA) is 61.5 Å². The van der Waals surface area contributed by atoms with Crippen LogP contribution in [0.25, 0.3) is 0 Å². The maximum absolute atomic E-state index is 9.39. The van der Waals surface area contributed by atoms with Crippen molar-refractivity contribution in [2.75, 3.05) is 26.7 Å². The van der Waals surface area contributed by atoms with Gasteiger partial charge in [0.1, 0.15) is 0 Å². The highest BCUT2D eigenvalue weighted by atomic mass is 16.3. The van der Waals surface area contributed by atoms with Crippen LogP contribution < -0.4 is 11.1 Å². The minimum Gasteiger partial charge on any atom is -0.396 e. The smallest absolute Gasteiger partial charge is 0.0474 e. The molecule has 4 heteroatoms. The fraction of sp³-hybridized carbons (Fsp3) is 1.00. The lowest BCUT2D eigenvalue weighted by Gasteiger charge is -2.34. The van der Waals surface area contributed by atoms with Crippen molar-refractivity contribution in [1.82, 2.24) is 10.2 Å². The lowest BCUT2D eigenvalue weighted by atomic mass is 9.93. The van der Waals surface area contributed by atoms with E-state index in [0.717, 1.165) is 19.4 Å². The number of aliphatic hydroxyl groups is 1. The van der Waals surface area contributed by atoms with Crippen molar-refractivity contribution in [2.24, 2.45) is 11.7 Å². The molecule has 0 radical (unpaired) electrons. The van der Waals surface area contributed by atoms with Gasteiger partial charge < -0.3 is 21.1 Å². The van der Waals surface area contributed by atoms with Gasteiger partial charge in [-0.1, -0.05) is 6.42 Å². The van der Waals surface area contributed by atoms with E-state index in [4.69, 9.17) is 5.73 Å². The normalized spacial score (nSPS) is 43.4. The van der Waals surface area contributed by atoms with Crippen molar-refractivity contribution < 1.29 is 5.11 Å². The summed E-state index contributed by atoms with van der Waals surface area (Å²) < 4.78 is 0. The molecular formula is C13H27N3O. The molecule has 0 aromatic heterocycles. The van der Waals surface area contributed by atoms with Crippen LogP contribution in [0.2, 0.25) is 0 Å². The predicted molar refractivity (Wildman–Crippen MR) is 69.8 cm³/mol. The van der Waals surface area contributed by atoms with Crippen molar-refractivity contribution in [3.8, 4) is 0 Å². The molecule has 0 bridgehead atoms. The molecule has 4 N–H and O–H groups in total. The Bertz CT molecular complexity index is 249. The maximum atomic E-state index is 9.39. The summed E-state index contributed by atoms with van der Waals surface area (Å²) in [6.07, 6.45) is 4.69. The Kier molecular flexibility index (Phi) is 4.08. The molecule has 1 saturated carbocycles. The molecule has 2 fully saturated rings. The first-order valence-corrected chi connectivity index (χ1v) is 6.89. The van der Waals surface area contributed by atoms with Crippen molar-refractivity contribution in [3.05, 3.63) is 0 Å². The number of nitrogens with zero attached hydrogens (tertiary/aromatic N) is 1. The molecule has 17 heavy (non-hydrogen) atoms. The summed E-state index contributed by atoms with van der Waals surface area (Å²) in [5.74, 6) is 0.430. The second kappa shape index (κ2) is 5.22. The lowest BCUT2D eigenvalue weighted by molar-refractivity contribution is 0.180. The molecule has 2 aliphatic rings. The predicted octanol–water partition coefficient (Wildman–Crippen LogP) is 0.159. The first-order valence-electron chi connectivity index (χ1n) is 6.89. The molecule has 0 aromatic carbocycles. The van der Waals surface area contributed by atoms with E-state index < -0.39 is 0 Å². The van der Waals surface area contributed by atoms with Crippen LogP contribution in [0.5, 0.6) is 0 Å². The van der Waals surface area contributed by atoms with Crippen LogP contribution in [0.4, 0.5) is 0 Å². The van der Waals surface area contributed by atoms with E-state index in [1.54, 1.807) is 0 Å². The van der Waals surface area contributed by atoms with E-state index in [2.05, 4.69) is 24.2 Å². The van der Waals surface area contributed by atoms with Gasteiger partial charge in [0.2, 0.25) is 0 Å². The first kappa shape index (κ1) is 13.3. The van der Waals surface area contributed by atoms with Crippen LogP contribution >= 0.6 is 0 Å². The Morgan fingerprint density at radius 3 is 2.76 bits per heavy atom. The molecule has 0 aromatic rings. The van der Waals surface area contributed by atoms with Crippen LogP contribution in [0, 0.1) is 5.92 Å². The minimum atomic E-state index is 0.0661. The summed E-state index contributed by atoms with van der Waals surface area (Å²) in [7, 11) is 2.17. The Hall–Kier alpha value is -0.160. The molecular weight excluding hydrogens is 214 g/mol. The van der Waals surface area contributed by atoms with Gasteiger partial charge in [0.05, 0.1) is 0 Å². The number of aliphatic hydroxyl groups excluding tert-OH is 1. The van der Waals surface area contributed by atoms with Crippen molar-refractivity contribution in [2.45, 2.75) is 50.2 Å². The van der Waals surface area contributed by atoms with Gasteiger partial charge in [0.25, 0.3) is 0 Å². The summed E-state index contributed by atoms with van der Waals surface area (Å²) in [4.78, 5) is 2.38. The van der Waals surface area contributed by atoms with Gasteiger partial charge in [-0.15, -0.1) is 0 Å². The molecule has 4 nitrogen and oxygen atoms in total. The van der Waals surface area contributed by atoms with E-state index in [-0.39, 0.29) is 5.54 Å². The Balaban J connectivity index is 2.00. The monoisotopic (exact) mass is 241 g/mol. The molecule has 1 aliphatic carbocycles. The van der Waals surface area contributed by atoms with Gasteiger partial charge in [0.15, 0.2) is 0 Å². The molecule has 1 heterocycles. The maximum Gasteiger partial charge on any atom is 0.0474 e. The number of rotatable bonds is 4. The van der Waals surface area contributed by atoms with E-state index in [1.165, 1.54) is 12.8 Å². The van der Waals surface area contributed by atoms with Gasteiger partial charge in [0, 0.05) is 37.3 Å². The van der Waals surface area contributed by atoms with Gasteiger partial charge in [-0.3, -0.25) is 0 Å². The van der Waals surface area contributed by atoms with Crippen LogP contribution in [0.15, 0.2) is 0 Å². The average Bonchev–Trinajstić information content (AvgIpc) is 2.85. The third-order valence-corrected chi connectivity index (χ3v) is 4.77. The fourth-order valence-electron chi connectivity index (χ4n) is 3.57. The molecule has 4 unspecified atom stereocenters. The summed E-state index contributed by atoms with van der Waals surface area (Å²) in [5.41, 5.74) is 6.07. The van der Waals surface area contributed by atoms with Gasteiger partial charge in [-0.2, -0.15) is 0 Å². The largest absolute Gasteiger partial charge is 0.396 e. The molecule has 0 spiro atoms. The first-order chi connectivity index (χ1) is 8.10. The van der Waals surface area contributed by atoms with Crippen LogP contribution in [0.1, 0.15) is 32.6 Å². The molecule has 1 saturated heterocycles. The van der Waals surface area contributed by atoms with Crippen molar-refractivity contribution in [3.63, 3.8) is 0 Å². The summed E-state index contributed by atoms with van der Waals surface area (Å²) in [6, 6.07) is 1.06. The minimum absolute atomic E-state index is 0.0661. The van der Waals surface area contributed by atoms with E-state index >= 15 is 0 Å². The zero-order valence-electron chi connectivity index (χ0n) is 11.2. The summed E-state index contributed by atoms with van der Waals surface area (Å²) in [5, 5.41) is 13.2. The Morgan fingerprint density at radius 1 is 1.47 bits per heavy atom.